The molecule has 2 aliphatic rings. The molecule has 0 unspecified atom stereocenters. The SMILES string of the molecule is COCCN1CCC(C(=O)NO)(S(=O)(=O)c2ccc(N3CCC(C(=O)c4ccc(Cl)cc4)CC3)cc2)CC1.Cl. The van der Waals surface area contributed by atoms with Crippen molar-refractivity contribution in [2.45, 2.75) is 35.3 Å². The number of hydroxylamine groups is 1. The van der Waals surface area contributed by atoms with Gasteiger partial charge in [0.25, 0.3) is 5.91 Å². The Hall–Kier alpha value is -2.21. The van der Waals surface area contributed by atoms with E-state index in [2.05, 4.69) is 4.90 Å². The first-order valence-corrected chi connectivity index (χ1v) is 14.6. The standard InChI is InChI=1S/C27H34ClN3O6S.ClH/c1-37-19-18-30-16-12-27(13-17-30,26(33)29-34)38(35,36)24-8-6-23(7-9-24)31-14-10-21(11-15-31)25(32)20-2-4-22(28)5-3-20;/h2-9,21,34H,10-19H2,1H3,(H,29,33);1H. The van der Waals surface area contributed by atoms with E-state index in [1.807, 2.05) is 4.90 Å². The average Bonchev–Trinajstić information content (AvgIpc) is 2.96. The number of Topliss-reactive ketones (excluding diaryl/α,β-unsaturated/α-hetero) is 1. The van der Waals surface area contributed by atoms with Crippen LogP contribution < -0.4 is 10.4 Å². The van der Waals surface area contributed by atoms with Crippen LogP contribution in [-0.4, -0.2) is 81.4 Å². The number of carbonyl (C=O) groups excluding carboxylic acids is 2. The van der Waals surface area contributed by atoms with E-state index in [1.54, 1.807) is 49.0 Å². The van der Waals surface area contributed by atoms with Gasteiger partial charge in [0.15, 0.2) is 20.4 Å². The van der Waals surface area contributed by atoms with Gasteiger partial charge >= 0.3 is 0 Å². The van der Waals surface area contributed by atoms with Gasteiger partial charge in [0.1, 0.15) is 0 Å². The van der Waals surface area contributed by atoms with Gasteiger partial charge in [0, 0.05) is 62.0 Å². The minimum Gasteiger partial charge on any atom is -0.383 e. The van der Waals surface area contributed by atoms with E-state index in [1.165, 1.54) is 12.1 Å². The Kier molecular flexibility index (Phi) is 10.8. The Balaban J connectivity index is 0.00000420. The summed E-state index contributed by atoms with van der Waals surface area (Å²) in [6.45, 7) is 3.30. The molecule has 2 N–H and O–H groups in total. The molecule has 4 rings (SSSR count). The number of methoxy groups -OCH3 is 1. The topological polar surface area (TPSA) is 116 Å². The molecule has 2 aromatic rings. The van der Waals surface area contributed by atoms with Crippen LogP contribution in [-0.2, 0) is 19.4 Å². The van der Waals surface area contributed by atoms with Crippen molar-refractivity contribution in [1.29, 1.82) is 0 Å². The molecule has 2 aliphatic heterocycles. The molecular weight excluding hydrogens is 565 g/mol. The Morgan fingerprint density at radius 3 is 2.15 bits per heavy atom. The highest BCUT2D eigenvalue weighted by atomic mass is 35.5. The molecule has 2 saturated heterocycles. The quantitative estimate of drug-likeness (QED) is 0.255. The number of nitrogens with one attached hydrogen (secondary N) is 1. The van der Waals surface area contributed by atoms with Crippen molar-refractivity contribution < 1.29 is 28.0 Å². The number of likely N-dealkylation sites (tertiary alicyclic amines) is 1. The summed E-state index contributed by atoms with van der Waals surface area (Å²) in [6, 6.07) is 13.5. The second kappa shape index (κ2) is 13.4. The third-order valence-electron chi connectivity index (χ3n) is 7.81. The Morgan fingerprint density at radius 1 is 1.03 bits per heavy atom. The normalized spacial score (nSPS) is 18.3. The lowest BCUT2D eigenvalue weighted by atomic mass is 9.88. The number of nitrogens with zero attached hydrogens (tertiary/aromatic N) is 2. The molecule has 1 amide bonds. The zero-order chi connectivity index (χ0) is 27.3. The smallest absolute Gasteiger partial charge is 0.265 e. The van der Waals surface area contributed by atoms with E-state index < -0.39 is 20.5 Å². The van der Waals surface area contributed by atoms with Crippen molar-refractivity contribution in [3.63, 3.8) is 0 Å². The monoisotopic (exact) mass is 599 g/mol. The molecule has 0 spiro atoms. The number of halogens is 2. The van der Waals surface area contributed by atoms with E-state index >= 15 is 0 Å². The van der Waals surface area contributed by atoms with Gasteiger partial charge in [0.05, 0.1) is 11.5 Å². The number of piperidine rings is 2. The first kappa shape index (κ1) is 31.3. The molecule has 0 aliphatic carbocycles. The maximum atomic E-state index is 13.7. The molecule has 12 heteroatoms. The number of rotatable bonds is 9. The Morgan fingerprint density at radius 2 is 1.62 bits per heavy atom. The maximum Gasteiger partial charge on any atom is 0.265 e. The number of hydrogen-bond acceptors (Lipinski definition) is 8. The van der Waals surface area contributed by atoms with Gasteiger partial charge in [0.2, 0.25) is 0 Å². The number of carbonyl (C=O) groups is 2. The summed E-state index contributed by atoms with van der Waals surface area (Å²) in [5, 5.41) is 9.99. The highest BCUT2D eigenvalue weighted by molar-refractivity contribution is 7.93. The number of ether oxygens (including phenoxy) is 1. The van der Waals surface area contributed by atoms with Crippen molar-refractivity contribution >= 4 is 51.2 Å². The van der Waals surface area contributed by atoms with Crippen molar-refractivity contribution in [2.24, 2.45) is 5.92 Å². The minimum absolute atomic E-state index is 0. The highest BCUT2D eigenvalue weighted by Gasteiger charge is 2.52. The summed E-state index contributed by atoms with van der Waals surface area (Å²) in [6.07, 6.45) is 1.53. The Bertz CT molecular complexity index is 1230. The molecule has 214 valence electrons. The van der Waals surface area contributed by atoms with Gasteiger partial charge in [-0.25, -0.2) is 13.9 Å². The number of anilines is 1. The molecule has 0 bridgehead atoms. The van der Waals surface area contributed by atoms with Gasteiger partial charge in [-0.1, -0.05) is 11.6 Å². The van der Waals surface area contributed by atoms with Crippen LogP contribution in [0, 0.1) is 5.92 Å². The van der Waals surface area contributed by atoms with Crippen LogP contribution in [0.15, 0.2) is 53.4 Å². The van der Waals surface area contributed by atoms with Gasteiger partial charge in [-0.05, 0) is 74.2 Å². The van der Waals surface area contributed by atoms with Crippen LogP contribution in [0.25, 0.3) is 0 Å². The lowest BCUT2D eigenvalue weighted by Gasteiger charge is -2.39. The molecule has 9 nitrogen and oxygen atoms in total. The van der Waals surface area contributed by atoms with E-state index in [-0.39, 0.29) is 41.8 Å². The molecule has 0 atom stereocenters. The molecule has 0 radical (unpaired) electrons. The zero-order valence-electron chi connectivity index (χ0n) is 21.8. The third-order valence-corrected chi connectivity index (χ3v) is 10.6. The molecule has 2 aromatic carbocycles. The van der Waals surface area contributed by atoms with E-state index in [0.717, 1.165) is 5.69 Å². The van der Waals surface area contributed by atoms with Crippen LogP contribution in [0.5, 0.6) is 0 Å². The summed E-state index contributed by atoms with van der Waals surface area (Å²) >= 11 is 5.93. The van der Waals surface area contributed by atoms with Crippen LogP contribution in [0.4, 0.5) is 5.69 Å². The van der Waals surface area contributed by atoms with Gasteiger partial charge in [-0.2, -0.15) is 0 Å². The first-order chi connectivity index (χ1) is 18.2. The number of benzene rings is 2. The largest absolute Gasteiger partial charge is 0.383 e. The number of hydrogen-bond donors (Lipinski definition) is 2. The third kappa shape index (κ3) is 6.58. The molecule has 2 fully saturated rings. The van der Waals surface area contributed by atoms with Crippen LogP contribution in [0.1, 0.15) is 36.0 Å². The summed E-state index contributed by atoms with van der Waals surface area (Å²) in [7, 11) is -2.48. The Labute approximate surface area is 240 Å². The van der Waals surface area contributed by atoms with E-state index in [0.29, 0.717) is 62.8 Å². The molecular formula is C27H35Cl2N3O6S. The highest BCUT2D eigenvalue weighted by Crippen LogP contribution is 2.37. The maximum absolute atomic E-state index is 13.7. The van der Waals surface area contributed by atoms with Crippen molar-refractivity contribution in [2.75, 3.05) is 51.3 Å². The summed E-state index contributed by atoms with van der Waals surface area (Å²) in [5.41, 5.74) is 3.11. The first-order valence-electron chi connectivity index (χ1n) is 12.8. The van der Waals surface area contributed by atoms with Crippen molar-refractivity contribution in [3.8, 4) is 0 Å². The zero-order valence-corrected chi connectivity index (χ0v) is 24.2. The van der Waals surface area contributed by atoms with E-state index in [9.17, 15) is 23.2 Å². The predicted molar refractivity (Wildman–Crippen MR) is 152 cm³/mol. The predicted octanol–water partition coefficient (Wildman–Crippen LogP) is 3.62. The van der Waals surface area contributed by atoms with Crippen molar-refractivity contribution in [1.82, 2.24) is 10.4 Å². The molecule has 2 heterocycles. The lowest BCUT2D eigenvalue weighted by molar-refractivity contribution is -0.133. The fourth-order valence-corrected chi connectivity index (χ4v) is 7.47. The number of ketones is 1. The average molecular weight is 601 g/mol. The molecule has 39 heavy (non-hydrogen) atoms. The fraction of sp³-hybridized carbons (Fsp3) is 0.481. The van der Waals surface area contributed by atoms with Crippen LogP contribution in [0.3, 0.4) is 0 Å². The lowest BCUT2D eigenvalue weighted by Crippen LogP contribution is -2.58. The summed E-state index contributed by atoms with van der Waals surface area (Å²) in [4.78, 5) is 29.8. The fourth-order valence-electron chi connectivity index (χ4n) is 5.39. The minimum atomic E-state index is -4.08. The van der Waals surface area contributed by atoms with Crippen LogP contribution >= 0.6 is 24.0 Å². The van der Waals surface area contributed by atoms with Crippen molar-refractivity contribution in [3.05, 3.63) is 59.1 Å². The molecule has 0 saturated carbocycles. The summed E-state index contributed by atoms with van der Waals surface area (Å²) < 4.78 is 30.8. The van der Waals surface area contributed by atoms with Gasteiger partial charge in [-0.15, -0.1) is 12.4 Å². The van der Waals surface area contributed by atoms with Crippen LogP contribution in [0.2, 0.25) is 5.02 Å². The second-order valence-corrected chi connectivity index (χ2v) is 12.6. The number of sulfone groups is 1. The van der Waals surface area contributed by atoms with Gasteiger partial charge in [-0.3, -0.25) is 14.8 Å². The molecule has 0 aromatic heterocycles. The number of amides is 1. The second-order valence-electron chi connectivity index (χ2n) is 9.90. The van der Waals surface area contributed by atoms with Gasteiger partial charge < -0.3 is 14.5 Å². The summed E-state index contributed by atoms with van der Waals surface area (Å²) in [5.74, 6) is -0.859. The van der Waals surface area contributed by atoms with E-state index in [4.69, 9.17) is 16.3 Å².